The van der Waals surface area contributed by atoms with Gasteiger partial charge in [-0.05, 0) is 36.4 Å². The van der Waals surface area contributed by atoms with E-state index in [0.717, 1.165) is 0 Å². The van der Waals surface area contributed by atoms with Crippen molar-refractivity contribution in [2.75, 3.05) is 6.61 Å². The predicted molar refractivity (Wildman–Crippen MR) is 72.3 cm³/mol. The lowest BCUT2D eigenvalue weighted by molar-refractivity contribution is -0.123. The normalized spacial score (nSPS) is 11.1. The molecule has 1 amide bonds. The Labute approximate surface area is 121 Å². The fourth-order valence-corrected chi connectivity index (χ4v) is 1.99. The molecule has 0 radical (unpaired) electrons. The average Bonchev–Trinajstić information content (AvgIpc) is 2.95. The van der Waals surface area contributed by atoms with Crippen molar-refractivity contribution in [3.05, 3.63) is 48.4 Å². The SMILES string of the molecule is O=C(COc1ccc(S(=O)(=O)O)cc1)NCc1ccco1. The molecule has 0 spiro atoms. The molecule has 0 fully saturated rings. The van der Waals surface area contributed by atoms with Crippen molar-refractivity contribution in [2.45, 2.75) is 11.4 Å². The zero-order valence-electron chi connectivity index (χ0n) is 10.9. The Morgan fingerprint density at radius 2 is 1.95 bits per heavy atom. The van der Waals surface area contributed by atoms with Gasteiger partial charge in [0.25, 0.3) is 16.0 Å². The smallest absolute Gasteiger partial charge is 0.294 e. The molecule has 0 unspecified atom stereocenters. The topological polar surface area (TPSA) is 106 Å². The van der Waals surface area contributed by atoms with Crippen LogP contribution in [-0.4, -0.2) is 25.5 Å². The zero-order chi connectivity index (χ0) is 15.3. The number of rotatable bonds is 6. The van der Waals surface area contributed by atoms with Crippen LogP contribution in [0.4, 0.5) is 0 Å². The molecule has 7 nitrogen and oxygen atoms in total. The van der Waals surface area contributed by atoms with Crippen LogP contribution < -0.4 is 10.1 Å². The molecule has 112 valence electrons. The molecule has 1 aromatic heterocycles. The van der Waals surface area contributed by atoms with Gasteiger partial charge in [0, 0.05) is 0 Å². The van der Waals surface area contributed by atoms with Crippen molar-refractivity contribution in [1.82, 2.24) is 5.32 Å². The number of benzene rings is 1. The van der Waals surface area contributed by atoms with E-state index in [2.05, 4.69) is 5.32 Å². The minimum Gasteiger partial charge on any atom is -0.484 e. The highest BCUT2D eigenvalue weighted by Gasteiger charge is 2.09. The molecule has 2 N–H and O–H groups in total. The van der Waals surface area contributed by atoms with Crippen molar-refractivity contribution in [2.24, 2.45) is 0 Å². The summed E-state index contributed by atoms with van der Waals surface area (Å²) in [5.41, 5.74) is 0. The van der Waals surface area contributed by atoms with Gasteiger partial charge >= 0.3 is 0 Å². The van der Waals surface area contributed by atoms with Crippen molar-refractivity contribution in [1.29, 1.82) is 0 Å². The van der Waals surface area contributed by atoms with E-state index in [1.54, 1.807) is 12.1 Å². The van der Waals surface area contributed by atoms with Gasteiger partial charge in [-0.25, -0.2) is 0 Å². The first-order valence-electron chi connectivity index (χ1n) is 5.94. The van der Waals surface area contributed by atoms with E-state index in [1.807, 2.05) is 0 Å². The molecule has 8 heteroatoms. The Kier molecular flexibility index (Phi) is 4.61. The molecule has 21 heavy (non-hydrogen) atoms. The van der Waals surface area contributed by atoms with Crippen LogP contribution in [-0.2, 0) is 21.5 Å². The highest BCUT2D eigenvalue weighted by atomic mass is 32.2. The molecule has 0 bridgehead atoms. The highest BCUT2D eigenvalue weighted by molar-refractivity contribution is 7.85. The second-order valence-electron chi connectivity index (χ2n) is 4.09. The quantitative estimate of drug-likeness (QED) is 0.777. The lowest BCUT2D eigenvalue weighted by atomic mass is 10.3. The molecule has 2 aromatic rings. The third kappa shape index (κ3) is 4.62. The first-order chi connectivity index (χ1) is 9.95. The van der Waals surface area contributed by atoms with Gasteiger partial charge in [-0.2, -0.15) is 8.42 Å². The van der Waals surface area contributed by atoms with Crippen LogP contribution in [0.2, 0.25) is 0 Å². The molecule has 1 heterocycles. The molecular formula is C13H13NO6S. The number of hydrogen-bond acceptors (Lipinski definition) is 5. The summed E-state index contributed by atoms with van der Waals surface area (Å²) >= 11 is 0. The fourth-order valence-electron chi connectivity index (χ4n) is 1.51. The predicted octanol–water partition coefficient (Wildman–Crippen LogP) is 1.22. The summed E-state index contributed by atoms with van der Waals surface area (Å²) in [5, 5.41) is 2.60. The van der Waals surface area contributed by atoms with Gasteiger partial charge in [0.15, 0.2) is 6.61 Å². The van der Waals surface area contributed by atoms with Gasteiger partial charge < -0.3 is 14.5 Å². The van der Waals surface area contributed by atoms with E-state index < -0.39 is 10.1 Å². The van der Waals surface area contributed by atoms with Gasteiger partial charge in [-0.3, -0.25) is 9.35 Å². The van der Waals surface area contributed by atoms with Gasteiger partial charge in [-0.15, -0.1) is 0 Å². The van der Waals surface area contributed by atoms with E-state index in [9.17, 15) is 13.2 Å². The molecule has 2 rings (SSSR count). The van der Waals surface area contributed by atoms with E-state index in [0.29, 0.717) is 11.5 Å². The second-order valence-corrected chi connectivity index (χ2v) is 5.51. The summed E-state index contributed by atoms with van der Waals surface area (Å²) in [6.07, 6.45) is 1.51. The summed E-state index contributed by atoms with van der Waals surface area (Å²) < 4.78 is 40.8. The number of carbonyl (C=O) groups is 1. The minimum atomic E-state index is -4.23. The van der Waals surface area contributed by atoms with Crippen LogP contribution in [0.15, 0.2) is 52.0 Å². The number of ether oxygens (including phenoxy) is 1. The van der Waals surface area contributed by atoms with Crippen LogP contribution in [0, 0.1) is 0 Å². The van der Waals surface area contributed by atoms with E-state index >= 15 is 0 Å². The Hall–Kier alpha value is -2.32. The second kappa shape index (κ2) is 6.42. The van der Waals surface area contributed by atoms with Crippen LogP contribution in [0.5, 0.6) is 5.75 Å². The van der Waals surface area contributed by atoms with Crippen molar-refractivity contribution < 1.29 is 26.9 Å². The lowest BCUT2D eigenvalue weighted by Gasteiger charge is -2.07. The monoisotopic (exact) mass is 311 g/mol. The standard InChI is InChI=1S/C13H13NO6S/c15-13(14-8-11-2-1-7-19-11)9-20-10-3-5-12(6-4-10)21(16,17)18/h1-7H,8-9H2,(H,14,15)(H,16,17,18). The average molecular weight is 311 g/mol. The summed E-state index contributed by atoms with van der Waals surface area (Å²) in [6.45, 7) is 0.0445. The van der Waals surface area contributed by atoms with Crippen LogP contribution in [0.1, 0.15) is 5.76 Å². The Bertz CT molecular complexity index is 691. The molecule has 0 aliphatic carbocycles. The van der Waals surface area contributed by atoms with Crippen LogP contribution in [0.3, 0.4) is 0 Å². The van der Waals surface area contributed by atoms with Crippen molar-refractivity contribution >= 4 is 16.0 Å². The molecule has 0 atom stereocenters. The molecule has 0 saturated heterocycles. The molecule has 0 saturated carbocycles. The highest BCUT2D eigenvalue weighted by Crippen LogP contribution is 2.15. The third-order valence-corrected chi connectivity index (χ3v) is 3.40. The minimum absolute atomic E-state index is 0.216. The van der Waals surface area contributed by atoms with Gasteiger partial charge in [0.1, 0.15) is 11.5 Å². The van der Waals surface area contributed by atoms with Crippen LogP contribution in [0.25, 0.3) is 0 Å². The Morgan fingerprint density at radius 3 is 2.52 bits per heavy atom. The summed E-state index contributed by atoms with van der Waals surface area (Å²) in [5.74, 6) is 0.599. The van der Waals surface area contributed by atoms with Crippen LogP contribution >= 0.6 is 0 Å². The summed E-state index contributed by atoms with van der Waals surface area (Å²) in [7, 11) is -4.23. The van der Waals surface area contributed by atoms with E-state index in [1.165, 1.54) is 30.5 Å². The maximum Gasteiger partial charge on any atom is 0.294 e. The first kappa shape index (κ1) is 15.1. The number of carbonyl (C=O) groups excluding carboxylic acids is 1. The molecule has 0 aliphatic heterocycles. The Balaban J connectivity index is 1.81. The lowest BCUT2D eigenvalue weighted by Crippen LogP contribution is -2.28. The molecular weight excluding hydrogens is 298 g/mol. The fraction of sp³-hybridized carbons (Fsp3) is 0.154. The van der Waals surface area contributed by atoms with Crippen molar-refractivity contribution in [3.8, 4) is 5.75 Å². The van der Waals surface area contributed by atoms with E-state index in [4.69, 9.17) is 13.7 Å². The molecule has 1 aromatic carbocycles. The van der Waals surface area contributed by atoms with Gasteiger partial charge in [0.2, 0.25) is 0 Å². The number of furan rings is 1. The number of hydrogen-bond donors (Lipinski definition) is 2. The number of nitrogens with one attached hydrogen (secondary N) is 1. The van der Waals surface area contributed by atoms with Crippen molar-refractivity contribution in [3.63, 3.8) is 0 Å². The zero-order valence-corrected chi connectivity index (χ0v) is 11.7. The van der Waals surface area contributed by atoms with Gasteiger partial charge in [0.05, 0.1) is 17.7 Å². The Morgan fingerprint density at radius 1 is 1.24 bits per heavy atom. The summed E-state index contributed by atoms with van der Waals surface area (Å²) in [4.78, 5) is 11.3. The van der Waals surface area contributed by atoms with E-state index in [-0.39, 0.29) is 24.0 Å². The van der Waals surface area contributed by atoms with Gasteiger partial charge in [-0.1, -0.05) is 0 Å². The largest absolute Gasteiger partial charge is 0.484 e. The number of amides is 1. The summed E-state index contributed by atoms with van der Waals surface area (Å²) in [6, 6.07) is 8.52. The first-order valence-corrected chi connectivity index (χ1v) is 7.38. The maximum absolute atomic E-state index is 11.5. The molecule has 0 aliphatic rings. The maximum atomic E-state index is 11.5. The third-order valence-electron chi connectivity index (χ3n) is 2.53.